The van der Waals surface area contributed by atoms with Crippen LogP contribution < -0.4 is 5.32 Å². The Bertz CT molecular complexity index is 1150. The van der Waals surface area contributed by atoms with E-state index in [0.29, 0.717) is 23.9 Å². The molecule has 0 rings (SSSR count). The molecule has 0 aromatic rings. The first kappa shape index (κ1) is 69.2. The van der Waals surface area contributed by atoms with E-state index < -0.39 is 20.0 Å². The molecule has 0 aliphatic rings. The Morgan fingerprint density at radius 2 is 0.771 bits per heavy atom. The zero-order chi connectivity index (χ0) is 51.3. The fourth-order valence-electron chi connectivity index (χ4n) is 9.63. The van der Waals surface area contributed by atoms with Gasteiger partial charge < -0.3 is 19.8 Å². The smallest absolute Gasteiger partial charge is 0.391 e. The van der Waals surface area contributed by atoms with Gasteiger partial charge in [0, 0.05) is 6.42 Å². The number of likely N-dealkylation sites (N-methyl/N-ethyl adjacent to an activating group) is 1. The van der Waals surface area contributed by atoms with Gasteiger partial charge >= 0.3 is 7.82 Å². The predicted molar refractivity (Wildman–Crippen MR) is 305 cm³/mol. The Morgan fingerprint density at radius 3 is 1.10 bits per heavy atom. The summed E-state index contributed by atoms with van der Waals surface area (Å²) >= 11 is 0. The second-order valence-electron chi connectivity index (χ2n) is 22.8. The number of unbranched alkanes of at least 4 members (excludes halogenated alkanes) is 43. The summed E-state index contributed by atoms with van der Waals surface area (Å²) in [6.07, 6.45) is 65.6. The average molecular weight is 1010 g/mol. The molecular formula is C61H124N2O6P+. The molecular weight excluding hydrogens is 888 g/mol. The van der Waals surface area contributed by atoms with Gasteiger partial charge in [0.25, 0.3) is 0 Å². The Morgan fingerprint density at radius 1 is 0.471 bits per heavy atom. The highest BCUT2D eigenvalue weighted by atomic mass is 31.2. The summed E-state index contributed by atoms with van der Waals surface area (Å²) < 4.78 is 23.8. The van der Waals surface area contributed by atoms with Crippen molar-refractivity contribution in [3.8, 4) is 0 Å². The van der Waals surface area contributed by atoms with Gasteiger partial charge in [0.1, 0.15) is 13.2 Å². The Labute approximate surface area is 437 Å². The van der Waals surface area contributed by atoms with Gasteiger partial charge in [0.05, 0.1) is 39.9 Å². The molecule has 0 aromatic heterocycles. The first-order valence-corrected chi connectivity index (χ1v) is 32.5. The minimum Gasteiger partial charge on any atom is -0.391 e. The third-order valence-electron chi connectivity index (χ3n) is 14.5. The number of carbonyl (C=O) groups is 1. The van der Waals surface area contributed by atoms with Crippen LogP contribution in [0.25, 0.3) is 0 Å². The van der Waals surface area contributed by atoms with Gasteiger partial charge in [-0.05, 0) is 38.5 Å². The molecule has 0 spiro atoms. The third-order valence-corrected chi connectivity index (χ3v) is 15.5. The minimum atomic E-state index is -4.32. The quantitative estimate of drug-likeness (QED) is 0.0243. The molecule has 0 saturated heterocycles. The van der Waals surface area contributed by atoms with Crippen LogP contribution in [-0.2, 0) is 18.4 Å². The van der Waals surface area contributed by atoms with E-state index in [0.717, 1.165) is 38.5 Å². The number of aliphatic hydroxyl groups excluding tert-OH is 1. The Hall–Kier alpha value is -0.760. The number of rotatable bonds is 58. The van der Waals surface area contributed by atoms with E-state index in [4.69, 9.17) is 9.05 Å². The SMILES string of the molecule is CCCCCCCCCC/C=C\CCCCCCCCCCCCCC(=O)NC(COP(=O)(O)OCC[N+](C)(C)C)C(O)CCCCCCCCCCCCCCCCCCCCCCCCCCC. The maximum Gasteiger partial charge on any atom is 0.472 e. The third kappa shape index (κ3) is 55.0. The number of amides is 1. The van der Waals surface area contributed by atoms with E-state index in [-0.39, 0.29) is 19.1 Å². The molecule has 0 fully saturated rings. The maximum absolute atomic E-state index is 13.0. The van der Waals surface area contributed by atoms with Gasteiger partial charge in [-0.1, -0.05) is 289 Å². The van der Waals surface area contributed by atoms with Gasteiger partial charge in [0.15, 0.2) is 0 Å². The van der Waals surface area contributed by atoms with Crippen molar-refractivity contribution in [2.75, 3.05) is 40.9 Å². The van der Waals surface area contributed by atoms with Crippen molar-refractivity contribution in [2.45, 2.75) is 334 Å². The summed E-state index contributed by atoms with van der Waals surface area (Å²) in [4.78, 5) is 23.4. The van der Waals surface area contributed by atoms with Crippen molar-refractivity contribution in [3.05, 3.63) is 12.2 Å². The highest BCUT2D eigenvalue weighted by Gasteiger charge is 2.28. The summed E-state index contributed by atoms with van der Waals surface area (Å²) in [5.41, 5.74) is 0. The molecule has 8 nitrogen and oxygen atoms in total. The fraction of sp³-hybridized carbons (Fsp3) is 0.951. The van der Waals surface area contributed by atoms with Gasteiger partial charge in [-0.25, -0.2) is 4.57 Å². The molecule has 3 N–H and O–H groups in total. The minimum absolute atomic E-state index is 0.0773. The highest BCUT2D eigenvalue weighted by Crippen LogP contribution is 2.43. The summed E-state index contributed by atoms with van der Waals surface area (Å²) in [6, 6.07) is -0.759. The molecule has 70 heavy (non-hydrogen) atoms. The van der Waals surface area contributed by atoms with Crippen LogP contribution in [0.2, 0.25) is 0 Å². The lowest BCUT2D eigenvalue weighted by molar-refractivity contribution is -0.870. The number of carbonyl (C=O) groups excluding carboxylic acids is 1. The molecule has 3 unspecified atom stereocenters. The summed E-state index contributed by atoms with van der Waals surface area (Å²) in [5.74, 6) is -0.139. The molecule has 0 radical (unpaired) electrons. The predicted octanol–water partition coefficient (Wildman–Crippen LogP) is 19.0. The van der Waals surface area contributed by atoms with E-state index in [9.17, 15) is 19.4 Å². The first-order chi connectivity index (χ1) is 34.0. The molecule has 0 aliphatic carbocycles. The topological polar surface area (TPSA) is 105 Å². The first-order valence-electron chi connectivity index (χ1n) is 31.1. The van der Waals surface area contributed by atoms with Crippen LogP contribution in [0.1, 0.15) is 322 Å². The number of quaternary nitrogens is 1. The molecule has 0 bridgehead atoms. The number of aliphatic hydroxyl groups is 1. The number of hydrogen-bond acceptors (Lipinski definition) is 5. The molecule has 0 heterocycles. The van der Waals surface area contributed by atoms with Crippen LogP contribution in [0.5, 0.6) is 0 Å². The van der Waals surface area contributed by atoms with E-state index >= 15 is 0 Å². The zero-order valence-corrected chi connectivity index (χ0v) is 48.7. The molecule has 9 heteroatoms. The molecule has 0 saturated carbocycles. The van der Waals surface area contributed by atoms with Crippen LogP contribution >= 0.6 is 7.82 Å². The van der Waals surface area contributed by atoms with Crippen molar-refractivity contribution >= 4 is 13.7 Å². The maximum atomic E-state index is 13.0. The van der Waals surface area contributed by atoms with E-state index in [2.05, 4.69) is 31.3 Å². The fourth-order valence-corrected chi connectivity index (χ4v) is 10.4. The standard InChI is InChI=1S/C61H123N2O6P/c1-6-8-10-12-14-16-18-20-22-24-26-28-30-31-33-34-36-38-40-42-44-46-48-50-52-54-60(64)59(58-69-70(66,67)68-57-56-63(3,4)5)62-61(65)55-53-51-49-47-45-43-41-39-37-35-32-29-27-25-23-21-19-17-15-13-11-9-7-2/h25,27,59-60,64H,6-24,26,28-58H2,1-5H3,(H-,62,65,66,67)/p+1/b27-25-. The molecule has 1 amide bonds. The van der Waals surface area contributed by atoms with Crippen molar-refractivity contribution in [3.63, 3.8) is 0 Å². The molecule has 0 aromatic carbocycles. The van der Waals surface area contributed by atoms with E-state index in [1.165, 1.54) is 257 Å². The van der Waals surface area contributed by atoms with Crippen LogP contribution in [0.4, 0.5) is 0 Å². The number of phosphoric acid groups is 1. The monoisotopic (exact) mass is 1010 g/mol. The summed E-state index contributed by atoms with van der Waals surface area (Å²) in [6.45, 7) is 4.94. The van der Waals surface area contributed by atoms with Crippen molar-refractivity contribution in [2.24, 2.45) is 0 Å². The zero-order valence-electron chi connectivity index (χ0n) is 47.8. The van der Waals surface area contributed by atoms with Gasteiger partial charge in [-0.2, -0.15) is 0 Å². The van der Waals surface area contributed by atoms with Crippen molar-refractivity contribution in [1.29, 1.82) is 0 Å². The molecule has 418 valence electrons. The largest absolute Gasteiger partial charge is 0.472 e. The second kappa shape index (κ2) is 53.1. The Kier molecular flexibility index (Phi) is 52.5. The van der Waals surface area contributed by atoms with E-state index in [1.54, 1.807) is 0 Å². The van der Waals surface area contributed by atoms with Gasteiger partial charge in [0.2, 0.25) is 5.91 Å². The van der Waals surface area contributed by atoms with Gasteiger partial charge in [-0.15, -0.1) is 0 Å². The summed E-state index contributed by atoms with van der Waals surface area (Å²) in [5, 5.41) is 14.1. The van der Waals surface area contributed by atoms with Crippen LogP contribution in [0, 0.1) is 0 Å². The lowest BCUT2D eigenvalue weighted by Gasteiger charge is -2.26. The van der Waals surface area contributed by atoms with Crippen molar-refractivity contribution in [1.82, 2.24) is 5.32 Å². The second-order valence-corrected chi connectivity index (χ2v) is 24.2. The molecule has 0 aliphatic heterocycles. The average Bonchev–Trinajstić information content (AvgIpc) is 3.32. The number of nitrogens with one attached hydrogen (secondary N) is 1. The number of phosphoric ester groups is 1. The number of hydrogen-bond donors (Lipinski definition) is 3. The molecule has 3 atom stereocenters. The van der Waals surface area contributed by atoms with Crippen molar-refractivity contribution < 1.29 is 32.9 Å². The summed E-state index contributed by atoms with van der Waals surface area (Å²) in [7, 11) is 1.63. The number of allylic oxidation sites excluding steroid dienone is 2. The van der Waals surface area contributed by atoms with Gasteiger partial charge in [-0.3, -0.25) is 13.8 Å². The van der Waals surface area contributed by atoms with Crippen LogP contribution in [0.3, 0.4) is 0 Å². The lowest BCUT2D eigenvalue weighted by Crippen LogP contribution is -2.46. The normalized spacial score (nSPS) is 13.9. The van der Waals surface area contributed by atoms with E-state index in [1.807, 2.05) is 21.1 Å². The number of nitrogens with zero attached hydrogens (tertiary/aromatic N) is 1. The Balaban J connectivity index is 4.10. The highest BCUT2D eigenvalue weighted by molar-refractivity contribution is 7.47. The lowest BCUT2D eigenvalue weighted by atomic mass is 10.0. The van der Waals surface area contributed by atoms with Crippen LogP contribution in [0.15, 0.2) is 12.2 Å². The van der Waals surface area contributed by atoms with Crippen LogP contribution in [-0.4, -0.2) is 73.4 Å².